The van der Waals surface area contributed by atoms with Gasteiger partial charge in [0.25, 0.3) is 0 Å². The predicted octanol–water partition coefficient (Wildman–Crippen LogP) is 2.24. The quantitative estimate of drug-likeness (QED) is 0.827. The van der Waals surface area contributed by atoms with Gasteiger partial charge in [0.2, 0.25) is 0 Å². The molecule has 2 aliphatic heterocycles. The van der Waals surface area contributed by atoms with Crippen molar-refractivity contribution in [2.24, 2.45) is 7.05 Å². The zero-order valence-electron chi connectivity index (χ0n) is 13.7. The molecule has 1 aromatic carbocycles. The van der Waals surface area contributed by atoms with E-state index in [4.69, 9.17) is 16.3 Å². The summed E-state index contributed by atoms with van der Waals surface area (Å²) in [6, 6.07) is 6.03. The molecule has 7 heteroatoms. The minimum atomic E-state index is -0.635. The average molecular weight is 349 g/mol. The molecule has 0 unspecified atom stereocenters. The summed E-state index contributed by atoms with van der Waals surface area (Å²) in [5, 5.41) is 22.9. The maximum atomic E-state index is 10.3. The van der Waals surface area contributed by atoms with Crippen molar-refractivity contribution in [1.82, 2.24) is 20.3 Å². The molecule has 0 radical (unpaired) electrons. The number of nitrogens with zero attached hydrogens (tertiary/aromatic N) is 3. The smallest absolute Gasteiger partial charge is 0.103 e. The molecule has 2 N–H and O–H groups in total. The normalized spacial score (nSPS) is 32.8. The standard InChI is InChI=1S/C17H21ClN4O2/c1-10-6-17(7-14(19-10)15-8-22(2)21-20-15)13-4-3-11(18)5-12(13)16(23)9-24-17/h3-5,8,10,14,16,19,23H,6-7,9H2,1-2H3/t10-,14-,16-,17-/m0/s1. The van der Waals surface area contributed by atoms with Gasteiger partial charge in [0.1, 0.15) is 6.10 Å². The van der Waals surface area contributed by atoms with E-state index in [-0.39, 0.29) is 18.7 Å². The minimum Gasteiger partial charge on any atom is -0.386 e. The molecule has 6 nitrogen and oxygen atoms in total. The number of hydrogen-bond acceptors (Lipinski definition) is 5. The van der Waals surface area contributed by atoms with Crippen LogP contribution in [0.2, 0.25) is 5.02 Å². The van der Waals surface area contributed by atoms with Crippen LogP contribution in [0.4, 0.5) is 0 Å². The number of benzene rings is 1. The molecule has 1 fully saturated rings. The van der Waals surface area contributed by atoms with Crippen molar-refractivity contribution < 1.29 is 9.84 Å². The number of aliphatic hydroxyl groups is 1. The topological polar surface area (TPSA) is 72.2 Å². The summed E-state index contributed by atoms with van der Waals surface area (Å²) in [4.78, 5) is 0. The van der Waals surface area contributed by atoms with Crippen LogP contribution in [0.5, 0.6) is 0 Å². The Morgan fingerprint density at radius 1 is 1.42 bits per heavy atom. The van der Waals surface area contributed by atoms with Crippen LogP contribution < -0.4 is 5.32 Å². The summed E-state index contributed by atoms with van der Waals surface area (Å²) in [5.41, 5.74) is 2.38. The van der Waals surface area contributed by atoms with E-state index in [1.54, 1.807) is 4.68 Å². The van der Waals surface area contributed by atoms with E-state index in [0.29, 0.717) is 5.02 Å². The molecule has 0 saturated carbocycles. The van der Waals surface area contributed by atoms with Gasteiger partial charge in [-0.15, -0.1) is 5.10 Å². The van der Waals surface area contributed by atoms with Crippen molar-refractivity contribution in [3.8, 4) is 0 Å². The highest BCUT2D eigenvalue weighted by Crippen LogP contribution is 2.48. The number of aromatic nitrogens is 3. The third-order valence-electron chi connectivity index (χ3n) is 5.01. The molecule has 2 aliphatic rings. The number of hydrogen-bond donors (Lipinski definition) is 2. The van der Waals surface area contributed by atoms with Crippen LogP contribution in [0.25, 0.3) is 0 Å². The predicted molar refractivity (Wildman–Crippen MR) is 89.6 cm³/mol. The molecule has 1 saturated heterocycles. The molecule has 4 rings (SSSR count). The molecule has 2 aromatic rings. The number of fused-ring (bicyclic) bond motifs is 2. The fourth-order valence-corrected chi connectivity index (χ4v) is 4.23. The van der Waals surface area contributed by atoms with Gasteiger partial charge in [-0.2, -0.15) is 0 Å². The average Bonchev–Trinajstić information content (AvgIpc) is 2.97. The van der Waals surface area contributed by atoms with E-state index in [9.17, 15) is 5.11 Å². The van der Waals surface area contributed by atoms with Crippen molar-refractivity contribution in [2.45, 2.75) is 43.6 Å². The highest BCUT2D eigenvalue weighted by molar-refractivity contribution is 6.30. The second kappa shape index (κ2) is 5.81. The van der Waals surface area contributed by atoms with E-state index in [1.807, 2.05) is 31.4 Å². The van der Waals surface area contributed by atoms with E-state index < -0.39 is 11.7 Å². The molecule has 128 valence electrons. The van der Waals surface area contributed by atoms with Gasteiger partial charge in [-0.25, -0.2) is 0 Å². The summed E-state index contributed by atoms with van der Waals surface area (Å²) in [6.07, 6.45) is 2.89. The molecule has 3 heterocycles. The number of halogens is 1. The van der Waals surface area contributed by atoms with Crippen LogP contribution >= 0.6 is 11.6 Å². The zero-order chi connectivity index (χ0) is 16.9. The molecule has 0 bridgehead atoms. The first-order valence-corrected chi connectivity index (χ1v) is 8.59. The molecule has 1 spiro atoms. The number of aryl methyl sites for hydroxylation is 1. The van der Waals surface area contributed by atoms with Crippen molar-refractivity contribution in [3.63, 3.8) is 0 Å². The highest BCUT2D eigenvalue weighted by atomic mass is 35.5. The lowest BCUT2D eigenvalue weighted by atomic mass is 9.74. The lowest BCUT2D eigenvalue weighted by molar-refractivity contribution is -0.132. The summed E-state index contributed by atoms with van der Waals surface area (Å²) in [6.45, 7) is 2.43. The fraction of sp³-hybridized carbons (Fsp3) is 0.529. The Kier molecular flexibility index (Phi) is 3.88. The molecular weight excluding hydrogens is 328 g/mol. The number of ether oxygens (including phenoxy) is 1. The lowest BCUT2D eigenvalue weighted by Crippen LogP contribution is -2.50. The van der Waals surface area contributed by atoms with Gasteiger partial charge >= 0.3 is 0 Å². The Morgan fingerprint density at radius 3 is 3.00 bits per heavy atom. The Morgan fingerprint density at radius 2 is 2.25 bits per heavy atom. The van der Waals surface area contributed by atoms with Crippen LogP contribution in [0, 0.1) is 0 Å². The minimum absolute atomic E-state index is 0.0567. The van der Waals surface area contributed by atoms with E-state index in [2.05, 4.69) is 22.6 Å². The van der Waals surface area contributed by atoms with Gasteiger partial charge in [0, 0.05) is 30.7 Å². The third kappa shape index (κ3) is 2.63. The molecule has 1 aromatic heterocycles. The van der Waals surface area contributed by atoms with E-state index in [0.717, 1.165) is 29.7 Å². The van der Waals surface area contributed by atoms with Gasteiger partial charge < -0.3 is 15.2 Å². The largest absolute Gasteiger partial charge is 0.386 e. The Balaban J connectivity index is 1.75. The fourth-order valence-electron chi connectivity index (χ4n) is 4.05. The van der Waals surface area contributed by atoms with Crippen molar-refractivity contribution in [1.29, 1.82) is 0 Å². The Labute approximate surface area is 145 Å². The maximum Gasteiger partial charge on any atom is 0.103 e. The second-order valence-corrected chi connectivity index (χ2v) is 7.33. The van der Waals surface area contributed by atoms with Crippen LogP contribution in [-0.2, 0) is 17.4 Å². The van der Waals surface area contributed by atoms with E-state index >= 15 is 0 Å². The Bertz CT molecular complexity index is 765. The zero-order valence-corrected chi connectivity index (χ0v) is 14.5. The number of rotatable bonds is 1. The van der Waals surface area contributed by atoms with Crippen LogP contribution in [0.15, 0.2) is 24.4 Å². The molecular formula is C17H21ClN4O2. The first kappa shape index (κ1) is 16.0. The van der Waals surface area contributed by atoms with Crippen molar-refractivity contribution in [3.05, 3.63) is 46.2 Å². The van der Waals surface area contributed by atoms with Crippen LogP contribution in [0.3, 0.4) is 0 Å². The molecule has 0 aliphatic carbocycles. The van der Waals surface area contributed by atoms with Gasteiger partial charge in [-0.1, -0.05) is 22.9 Å². The highest BCUT2D eigenvalue weighted by Gasteiger charge is 2.47. The van der Waals surface area contributed by atoms with Gasteiger partial charge in [0.15, 0.2) is 0 Å². The van der Waals surface area contributed by atoms with Crippen molar-refractivity contribution >= 4 is 11.6 Å². The van der Waals surface area contributed by atoms with Crippen LogP contribution in [0.1, 0.15) is 48.7 Å². The molecule has 4 atom stereocenters. The number of nitrogens with one attached hydrogen (secondary N) is 1. The first-order chi connectivity index (χ1) is 11.5. The molecule has 0 amide bonds. The van der Waals surface area contributed by atoms with Gasteiger partial charge in [-0.05, 0) is 36.6 Å². The molecule has 24 heavy (non-hydrogen) atoms. The summed E-state index contributed by atoms with van der Waals surface area (Å²) < 4.78 is 7.94. The second-order valence-electron chi connectivity index (χ2n) is 6.90. The number of aliphatic hydroxyl groups excluding tert-OH is 1. The third-order valence-corrected chi connectivity index (χ3v) is 5.25. The first-order valence-electron chi connectivity index (χ1n) is 8.21. The summed E-state index contributed by atoms with van der Waals surface area (Å²) in [7, 11) is 1.86. The summed E-state index contributed by atoms with van der Waals surface area (Å²) >= 11 is 6.14. The maximum absolute atomic E-state index is 10.3. The van der Waals surface area contributed by atoms with Gasteiger partial charge in [0.05, 0.1) is 23.9 Å². The van der Waals surface area contributed by atoms with Crippen LogP contribution in [-0.4, -0.2) is 32.7 Å². The lowest BCUT2D eigenvalue weighted by Gasteiger charge is -2.47. The van der Waals surface area contributed by atoms with Crippen molar-refractivity contribution in [2.75, 3.05) is 6.61 Å². The monoisotopic (exact) mass is 348 g/mol. The SMILES string of the molecule is C[C@H]1C[C@@]2(C[C@@H](c3cn(C)nn3)N1)OC[C@H](O)c1cc(Cl)ccc12. The number of piperidine rings is 1. The summed E-state index contributed by atoms with van der Waals surface area (Å²) in [5.74, 6) is 0. The Hall–Kier alpha value is -1.47. The van der Waals surface area contributed by atoms with Gasteiger partial charge in [-0.3, -0.25) is 4.68 Å². The van der Waals surface area contributed by atoms with E-state index in [1.165, 1.54) is 0 Å².